The number of aryl methyl sites for hydroxylation is 1. The van der Waals surface area contributed by atoms with E-state index in [0.29, 0.717) is 17.9 Å². The maximum absolute atomic E-state index is 11.8. The van der Waals surface area contributed by atoms with Gasteiger partial charge in [0.05, 0.1) is 14.2 Å². The quantitative estimate of drug-likeness (QED) is 0.793. The van der Waals surface area contributed by atoms with Gasteiger partial charge in [0.15, 0.2) is 0 Å². The second-order valence-electron chi connectivity index (χ2n) is 6.25. The molecule has 0 aliphatic heterocycles. The van der Waals surface area contributed by atoms with Gasteiger partial charge in [-0.1, -0.05) is 6.07 Å². The predicted octanol–water partition coefficient (Wildman–Crippen LogP) is 2.61. The van der Waals surface area contributed by atoms with E-state index in [4.69, 9.17) is 14.2 Å². The van der Waals surface area contributed by atoms with Crippen LogP contribution < -0.4 is 14.8 Å². The van der Waals surface area contributed by atoms with Gasteiger partial charge >= 0.3 is 12.1 Å². The maximum Gasteiger partial charge on any atom is 0.408 e. The highest BCUT2D eigenvalue weighted by Crippen LogP contribution is 2.26. The molecular formula is C17H25NO6. The highest BCUT2D eigenvalue weighted by molar-refractivity contribution is 5.80. The van der Waals surface area contributed by atoms with Crippen LogP contribution >= 0.6 is 0 Å². The van der Waals surface area contributed by atoms with Crippen molar-refractivity contribution in [1.29, 1.82) is 0 Å². The van der Waals surface area contributed by atoms with E-state index in [1.807, 2.05) is 6.07 Å². The second-order valence-corrected chi connectivity index (χ2v) is 6.25. The number of carbonyl (C=O) groups excluding carboxylic acids is 1. The minimum absolute atomic E-state index is 0.206. The van der Waals surface area contributed by atoms with Crippen LogP contribution in [-0.2, 0) is 16.0 Å². The summed E-state index contributed by atoms with van der Waals surface area (Å²) in [6.45, 7) is 5.14. The molecule has 1 rings (SSSR count). The zero-order valence-corrected chi connectivity index (χ0v) is 14.7. The van der Waals surface area contributed by atoms with Crippen molar-refractivity contribution in [2.75, 3.05) is 14.2 Å². The normalized spacial score (nSPS) is 12.2. The Labute approximate surface area is 141 Å². The Morgan fingerprint density at radius 3 is 2.38 bits per heavy atom. The number of benzene rings is 1. The Bertz CT molecular complexity index is 579. The number of amides is 1. The molecule has 24 heavy (non-hydrogen) atoms. The Morgan fingerprint density at radius 2 is 1.88 bits per heavy atom. The van der Waals surface area contributed by atoms with Crippen molar-refractivity contribution in [2.24, 2.45) is 0 Å². The molecule has 0 saturated heterocycles. The summed E-state index contributed by atoms with van der Waals surface area (Å²) in [5, 5.41) is 11.7. The largest absolute Gasteiger partial charge is 0.497 e. The van der Waals surface area contributed by atoms with E-state index < -0.39 is 23.7 Å². The van der Waals surface area contributed by atoms with Gasteiger partial charge in [-0.15, -0.1) is 0 Å². The van der Waals surface area contributed by atoms with Crippen LogP contribution in [0, 0.1) is 0 Å². The molecule has 0 saturated carbocycles. The van der Waals surface area contributed by atoms with E-state index in [1.165, 1.54) is 7.11 Å². The fraction of sp³-hybridized carbons (Fsp3) is 0.529. The molecule has 0 radical (unpaired) electrons. The lowest BCUT2D eigenvalue weighted by molar-refractivity contribution is -0.139. The van der Waals surface area contributed by atoms with E-state index in [9.17, 15) is 14.7 Å². The minimum atomic E-state index is -1.12. The first kappa shape index (κ1) is 19.6. The molecule has 7 heteroatoms. The number of rotatable bonds is 7. The van der Waals surface area contributed by atoms with Crippen LogP contribution in [0.2, 0.25) is 0 Å². The molecule has 0 aliphatic carbocycles. The lowest BCUT2D eigenvalue weighted by Crippen LogP contribution is -2.43. The van der Waals surface area contributed by atoms with Crippen molar-refractivity contribution >= 4 is 12.1 Å². The average Bonchev–Trinajstić information content (AvgIpc) is 2.49. The molecule has 1 aromatic carbocycles. The van der Waals surface area contributed by atoms with Crippen molar-refractivity contribution in [2.45, 2.75) is 45.3 Å². The Kier molecular flexibility index (Phi) is 6.88. The zero-order valence-electron chi connectivity index (χ0n) is 14.7. The molecule has 0 spiro atoms. The highest BCUT2D eigenvalue weighted by atomic mass is 16.6. The number of hydrogen-bond donors (Lipinski definition) is 2. The predicted molar refractivity (Wildman–Crippen MR) is 88.7 cm³/mol. The Balaban J connectivity index is 2.74. The molecule has 7 nitrogen and oxygen atoms in total. The van der Waals surface area contributed by atoms with Crippen LogP contribution in [0.25, 0.3) is 0 Å². The van der Waals surface area contributed by atoms with E-state index in [2.05, 4.69) is 5.32 Å². The molecule has 1 aromatic rings. The molecule has 0 fully saturated rings. The molecule has 0 heterocycles. The van der Waals surface area contributed by atoms with Crippen LogP contribution in [0.1, 0.15) is 32.8 Å². The van der Waals surface area contributed by atoms with Crippen molar-refractivity contribution in [3.05, 3.63) is 23.8 Å². The summed E-state index contributed by atoms with van der Waals surface area (Å²) < 4.78 is 15.5. The first-order chi connectivity index (χ1) is 11.2. The first-order valence-electron chi connectivity index (χ1n) is 7.59. The van der Waals surface area contributed by atoms with Gasteiger partial charge in [-0.25, -0.2) is 9.59 Å². The number of carboxylic acid groups (broad SMARTS) is 1. The number of aliphatic carboxylic acids is 1. The van der Waals surface area contributed by atoms with Crippen LogP contribution in [-0.4, -0.2) is 43.0 Å². The molecule has 0 aliphatic rings. The standard InChI is InChI=1S/C17H25NO6/c1-17(2,3)24-16(21)18-13(15(19)20)9-7-11-6-8-12(22-4)10-14(11)23-5/h6,8,10,13H,7,9H2,1-5H3,(H,18,21)(H,19,20)/t13-/m0/s1. The van der Waals surface area contributed by atoms with Crippen molar-refractivity contribution in [3.8, 4) is 11.5 Å². The number of methoxy groups -OCH3 is 2. The third-order valence-electron chi connectivity index (χ3n) is 3.19. The smallest absolute Gasteiger partial charge is 0.408 e. The third-order valence-corrected chi connectivity index (χ3v) is 3.19. The summed E-state index contributed by atoms with van der Waals surface area (Å²) >= 11 is 0. The van der Waals surface area contributed by atoms with Gasteiger partial charge in [0.1, 0.15) is 23.1 Å². The van der Waals surface area contributed by atoms with Gasteiger partial charge in [0.25, 0.3) is 0 Å². The third kappa shape index (κ3) is 6.36. The number of nitrogens with one attached hydrogen (secondary N) is 1. The molecule has 1 amide bonds. The summed E-state index contributed by atoms with van der Waals surface area (Å²) in [5.74, 6) is 0.140. The van der Waals surface area contributed by atoms with E-state index in [-0.39, 0.29) is 6.42 Å². The number of ether oxygens (including phenoxy) is 3. The van der Waals surface area contributed by atoms with Crippen molar-refractivity contribution in [1.82, 2.24) is 5.32 Å². The summed E-state index contributed by atoms with van der Waals surface area (Å²) in [6, 6.07) is 4.26. The summed E-state index contributed by atoms with van der Waals surface area (Å²) in [6.07, 6.45) is -0.131. The summed E-state index contributed by atoms with van der Waals surface area (Å²) in [4.78, 5) is 23.1. The molecule has 134 valence electrons. The van der Waals surface area contributed by atoms with E-state index in [1.54, 1.807) is 40.0 Å². The van der Waals surface area contributed by atoms with Crippen LogP contribution in [0.15, 0.2) is 18.2 Å². The van der Waals surface area contributed by atoms with Crippen LogP contribution in [0.5, 0.6) is 11.5 Å². The summed E-state index contributed by atoms with van der Waals surface area (Å²) in [5.41, 5.74) is 0.141. The lowest BCUT2D eigenvalue weighted by Gasteiger charge is -2.22. The van der Waals surface area contributed by atoms with Gasteiger partial charge in [0.2, 0.25) is 0 Å². The SMILES string of the molecule is COc1ccc(CC[C@H](NC(=O)OC(C)(C)C)C(=O)O)c(OC)c1. The molecular weight excluding hydrogens is 314 g/mol. The number of alkyl carbamates (subject to hydrolysis) is 1. The van der Waals surface area contributed by atoms with Crippen molar-refractivity contribution < 1.29 is 28.9 Å². The number of carboxylic acids is 1. The molecule has 2 N–H and O–H groups in total. The van der Waals surface area contributed by atoms with Gasteiger partial charge in [-0.05, 0) is 45.2 Å². The first-order valence-corrected chi connectivity index (χ1v) is 7.59. The number of hydrogen-bond acceptors (Lipinski definition) is 5. The van der Waals surface area contributed by atoms with E-state index in [0.717, 1.165) is 5.56 Å². The fourth-order valence-corrected chi connectivity index (χ4v) is 2.07. The van der Waals surface area contributed by atoms with Gasteiger partial charge in [0, 0.05) is 6.07 Å². The molecule has 0 unspecified atom stereocenters. The van der Waals surface area contributed by atoms with E-state index >= 15 is 0 Å². The maximum atomic E-state index is 11.8. The molecule has 0 bridgehead atoms. The Morgan fingerprint density at radius 1 is 1.21 bits per heavy atom. The summed E-state index contributed by atoms with van der Waals surface area (Å²) in [7, 11) is 3.09. The lowest BCUT2D eigenvalue weighted by atomic mass is 10.0. The van der Waals surface area contributed by atoms with Gasteiger partial charge in [-0.3, -0.25) is 0 Å². The second kappa shape index (κ2) is 8.42. The molecule has 1 atom stereocenters. The highest BCUT2D eigenvalue weighted by Gasteiger charge is 2.24. The average molecular weight is 339 g/mol. The van der Waals surface area contributed by atoms with Gasteiger partial charge in [-0.2, -0.15) is 0 Å². The van der Waals surface area contributed by atoms with Gasteiger partial charge < -0.3 is 24.6 Å². The topological polar surface area (TPSA) is 94.1 Å². The fourth-order valence-electron chi connectivity index (χ4n) is 2.07. The zero-order chi connectivity index (χ0) is 18.3. The van der Waals surface area contributed by atoms with Crippen molar-refractivity contribution in [3.63, 3.8) is 0 Å². The Hall–Kier alpha value is -2.44. The van der Waals surface area contributed by atoms with Crippen LogP contribution in [0.4, 0.5) is 4.79 Å². The van der Waals surface area contributed by atoms with Crippen LogP contribution in [0.3, 0.4) is 0 Å². The minimum Gasteiger partial charge on any atom is -0.497 e. The number of carbonyl (C=O) groups is 2. The monoisotopic (exact) mass is 339 g/mol. The molecule has 0 aromatic heterocycles.